The van der Waals surface area contributed by atoms with Crippen molar-refractivity contribution in [1.29, 1.82) is 0 Å². The van der Waals surface area contributed by atoms with Crippen LogP contribution in [0.5, 0.6) is 5.75 Å². The van der Waals surface area contributed by atoms with Crippen molar-refractivity contribution >= 4 is 40.4 Å². The van der Waals surface area contributed by atoms with Gasteiger partial charge in [-0.15, -0.1) is 11.3 Å². The summed E-state index contributed by atoms with van der Waals surface area (Å²) >= 11 is 7.25. The van der Waals surface area contributed by atoms with Gasteiger partial charge in [0.2, 0.25) is 0 Å². The van der Waals surface area contributed by atoms with Gasteiger partial charge in [0.25, 0.3) is 0 Å². The summed E-state index contributed by atoms with van der Waals surface area (Å²) in [5, 5.41) is 5.06. The van der Waals surface area contributed by atoms with E-state index in [1.165, 1.54) is 25.6 Å². The minimum Gasteiger partial charge on any atom is -0.495 e. The van der Waals surface area contributed by atoms with Crippen molar-refractivity contribution < 1.29 is 19.1 Å². The van der Waals surface area contributed by atoms with Crippen molar-refractivity contribution in [2.75, 3.05) is 26.1 Å². The van der Waals surface area contributed by atoms with Crippen LogP contribution in [0, 0.1) is 0 Å². The van der Waals surface area contributed by atoms with Crippen molar-refractivity contribution in [2.24, 2.45) is 0 Å². The van der Waals surface area contributed by atoms with E-state index in [1.807, 2.05) is 6.07 Å². The predicted octanol–water partition coefficient (Wildman–Crippen LogP) is 2.85. The Labute approximate surface area is 148 Å². The zero-order valence-electron chi connectivity index (χ0n) is 13.2. The van der Waals surface area contributed by atoms with E-state index in [0.717, 1.165) is 4.88 Å². The van der Waals surface area contributed by atoms with Crippen LogP contribution in [0.3, 0.4) is 0 Å². The Morgan fingerprint density at radius 3 is 2.54 bits per heavy atom. The molecule has 0 aliphatic heterocycles. The molecular formula is C16H17ClN2O4S. The second-order valence-corrected chi connectivity index (χ2v) is 6.48. The summed E-state index contributed by atoms with van der Waals surface area (Å²) in [4.78, 5) is 24.8. The summed E-state index contributed by atoms with van der Waals surface area (Å²) in [7, 11) is 3.01. The van der Waals surface area contributed by atoms with E-state index >= 15 is 0 Å². The van der Waals surface area contributed by atoms with Gasteiger partial charge in [-0.2, -0.15) is 0 Å². The maximum absolute atomic E-state index is 12.0. The Kier molecular flexibility index (Phi) is 6.60. The van der Waals surface area contributed by atoms with E-state index in [4.69, 9.17) is 21.1 Å². The Bertz CT molecular complexity index is 720. The number of nitrogens with one attached hydrogen (secondary N) is 2. The molecular weight excluding hydrogens is 352 g/mol. The highest BCUT2D eigenvalue weighted by Crippen LogP contribution is 2.28. The van der Waals surface area contributed by atoms with Crippen LogP contribution in [0.25, 0.3) is 0 Å². The van der Waals surface area contributed by atoms with Crippen molar-refractivity contribution in [3.05, 3.63) is 45.6 Å². The SMILES string of the molecule is COc1ccccc1NC(=O)C(=O)NCC(OC)c1ccc(Cl)s1. The normalized spacial score (nSPS) is 11.6. The van der Waals surface area contributed by atoms with Gasteiger partial charge in [-0.1, -0.05) is 23.7 Å². The van der Waals surface area contributed by atoms with Crippen molar-refractivity contribution in [3.63, 3.8) is 0 Å². The van der Waals surface area contributed by atoms with Crippen LogP contribution in [-0.4, -0.2) is 32.6 Å². The molecule has 2 rings (SSSR count). The number of ether oxygens (including phenoxy) is 2. The molecule has 2 aromatic rings. The Hall–Kier alpha value is -2.09. The van der Waals surface area contributed by atoms with Crippen LogP contribution in [0.2, 0.25) is 4.34 Å². The van der Waals surface area contributed by atoms with E-state index < -0.39 is 11.8 Å². The molecule has 2 N–H and O–H groups in total. The summed E-state index contributed by atoms with van der Waals surface area (Å²) in [5.74, 6) is -1.06. The highest BCUT2D eigenvalue weighted by molar-refractivity contribution is 7.16. The minimum absolute atomic E-state index is 0.158. The quantitative estimate of drug-likeness (QED) is 0.769. The number of methoxy groups -OCH3 is 2. The third-order valence-corrected chi connectivity index (χ3v) is 4.53. The molecule has 1 heterocycles. The Morgan fingerprint density at radius 2 is 1.92 bits per heavy atom. The lowest BCUT2D eigenvalue weighted by molar-refractivity contribution is -0.136. The maximum atomic E-state index is 12.0. The number of anilines is 1. The van der Waals surface area contributed by atoms with E-state index in [9.17, 15) is 9.59 Å². The van der Waals surface area contributed by atoms with E-state index in [2.05, 4.69) is 10.6 Å². The van der Waals surface area contributed by atoms with E-state index in [1.54, 1.807) is 30.3 Å². The molecule has 1 atom stereocenters. The van der Waals surface area contributed by atoms with Crippen LogP contribution in [-0.2, 0) is 14.3 Å². The number of carbonyl (C=O) groups excluding carboxylic acids is 2. The third-order valence-electron chi connectivity index (χ3n) is 3.21. The van der Waals surface area contributed by atoms with Crippen molar-refractivity contribution in [1.82, 2.24) is 5.32 Å². The molecule has 1 unspecified atom stereocenters. The summed E-state index contributed by atoms with van der Waals surface area (Å²) in [5.41, 5.74) is 0.425. The highest BCUT2D eigenvalue weighted by atomic mass is 35.5. The van der Waals surface area contributed by atoms with Gasteiger partial charge in [0, 0.05) is 18.5 Å². The molecule has 0 aliphatic carbocycles. The van der Waals surface area contributed by atoms with Crippen LogP contribution < -0.4 is 15.4 Å². The molecule has 8 heteroatoms. The fourth-order valence-corrected chi connectivity index (χ4v) is 3.13. The number of benzene rings is 1. The molecule has 0 aliphatic rings. The van der Waals surface area contributed by atoms with Gasteiger partial charge in [-0.3, -0.25) is 9.59 Å². The molecule has 128 valence electrons. The number of amides is 2. The third kappa shape index (κ3) is 4.70. The number of thiophene rings is 1. The van der Waals surface area contributed by atoms with Gasteiger partial charge in [0.1, 0.15) is 11.9 Å². The fraction of sp³-hybridized carbons (Fsp3) is 0.250. The van der Waals surface area contributed by atoms with Crippen molar-refractivity contribution in [2.45, 2.75) is 6.10 Å². The monoisotopic (exact) mass is 368 g/mol. The van der Waals surface area contributed by atoms with E-state index in [0.29, 0.717) is 15.8 Å². The molecule has 1 aromatic heterocycles. The van der Waals surface area contributed by atoms with Crippen LogP contribution in [0.1, 0.15) is 11.0 Å². The first-order valence-corrected chi connectivity index (χ1v) is 8.24. The highest BCUT2D eigenvalue weighted by Gasteiger charge is 2.19. The Balaban J connectivity index is 1.92. The molecule has 0 bridgehead atoms. The first kappa shape index (κ1) is 18.3. The van der Waals surface area contributed by atoms with Gasteiger partial charge < -0.3 is 20.1 Å². The van der Waals surface area contributed by atoms with Crippen molar-refractivity contribution in [3.8, 4) is 5.75 Å². The number of carbonyl (C=O) groups is 2. The second-order valence-electron chi connectivity index (χ2n) is 4.73. The number of para-hydroxylation sites is 2. The molecule has 0 fully saturated rings. The molecule has 0 radical (unpaired) electrons. The average molecular weight is 369 g/mol. The lowest BCUT2D eigenvalue weighted by Gasteiger charge is -2.15. The lowest BCUT2D eigenvalue weighted by Crippen LogP contribution is -2.37. The summed E-state index contributed by atoms with van der Waals surface area (Å²) in [6.45, 7) is 0.158. The topological polar surface area (TPSA) is 76.7 Å². The van der Waals surface area contributed by atoms with Gasteiger partial charge in [0.15, 0.2) is 0 Å². The summed E-state index contributed by atoms with van der Waals surface area (Å²) in [6.07, 6.45) is -0.370. The summed E-state index contributed by atoms with van der Waals surface area (Å²) in [6, 6.07) is 10.4. The zero-order chi connectivity index (χ0) is 17.5. The summed E-state index contributed by atoms with van der Waals surface area (Å²) < 4.78 is 11.1. The standard InChI is InChI=1S/C16H17ClN2O4S/c1-22-11-6-4-3-5-10(11)19-16(21)15(20)18-9-12(23-2)13-7-8-14(17)24-13/h3-8,12H,9H2,1-2H3,(H,18,20)(H,19,21). The van der Waals surface area contributed by atoms with E-state index in [-0.39, 0.29) is 12.6 Å². The molecule has 24 heavy (non-hydrogen) atoms. The molecule has 0 saturated heterocycles. The van der Waals surface area contributed by atoms with Gasteiger partial charge in [-0.05, 0) is 24.3 Å². The molecule has 1 aromatic carbocycles. The minimum atomic E-state index is -0.779. The van der Waals surface area contributed by atoms with Gasteiger partial charge >= 0.3 is 11.8 Å². The zero-order valence-corrected chi connectivity index (χ0v) is 14.7. The number of halogens is 1. The molecule has 2 amide bonds. The molecule has 0 spiro atoms. The molecule has 6 nitrogen and oxygen atoms in total. The first-order valence-electron chi connectivity index (χ1n) is 7.05. The van der Waals surface area contributed by atoms with Gasteiger partial charge in [-0.25, -0.2) is 0 Å². The smallest absolute Gasteiger partial charge is 0.313 e. The Morgan fingerprint density at radius 1 is 1.17 bits per heavy atom. The predicted molar refractivity (Wildman–Crippen MR) is 93.7 cm³/mol. The molecule has 0 saturated carbocycles. The number of hydrogen-bond acceptors (Lipinski definition) is 5. The fourth-order valence-electron chi connectivity index (χ4n) is 1.99. The lowest BCUT2D eigenvalue weighted by atomic mass is 10.2. The van der Waals surface area contributed by atoms with Crippen LogP contribution in [0.4, 0.5) is 5.69 Å². The second kappa shape index (κ2) is 8.68. The van der Waals surface area contributed by atoms with Crippen LogP contribution >= 0.6 is 22.9 Å². The largest absolute Gasteiger partial charge is 0.495 e. The first-order chi connectivity index (χ1) is 11.5. The maximum Gasteiger partial charge on any atom is 0.313 e. The van der Waals surface area contributed by atoms with Gasteiger partial charge in [0.05, 0.1) is 17.1 Å². The average Bonchev–Trinajstić information content (AvgIpc) is 3.02. The number of hydrogen-bond donors (Lipinski definition) is 2. The number of rotatable bonds is 6. The van der Waals surface area contributed by atoms with Crippen LogP contribution in [0.15, 0.2) is 36.4 Å².